The van der Waals surface area contributed by atoms with Crippen molar-refractivity contribution in [2.45, 2.75) is 37.7 Å². The first kappa shape index (κ1) is 19.9. The number of nitrogens with zero attached hydrogens (tertiary/aromatic N) is 1. The maximum absolute atomic E-state index is 13.3. The number of aryl methyl sites for hydroxylation is 2. The first-order valence-corrected chi connectivity index (χ1v) is 11.0. The fourth-order valence-corrected chi connectivity index (χ4v) is 5.06. The molecule has 2 N–H and O–H groups in total. The standard InChI is InChI=1S/C21H28N2O3S/c1-17-5-9-19(10-6-17)23(16-20(24)15-22-13-3-4-14-22)27(25,26)21-11-7-18(2)8-12-21/h5-12,20,24H,3-4,13-16H2,1-2H3/p+1. The number of hydrogen-bond donors (Lipinski definition) is 2. The number of nitrogens with one attached hydrogen (secondary N) is 1. The van der Waals surface area contributed by atoms with Crippen molar-refractivity contribution in [1.82, 2.24) is 0 Å². The lowest BCUT2D eigenvalue weighted by molar-refractivity contribution is -0.890. The minimum atomic E-state index is -3.75. The van der Waals surface area contributed by atoms with E-state index in [1.807, 2.05) is 26.0 Å². The number of quaternary nitrogens is 1. The van der Waals surface area contributed by atoms with Crippen LogP contribution in [0, 0.1) is 13.8 Å². The van der Waals surface area contributed by atoms with Crippen molar-refractivity contribution >= 4 is 15.7 Å². The minimum absolute atomic E-state index is 0.0583. The maximum Gasteiger partial charge on any atom is 0.264 e. The zero-order chi connectivity index (χ0) is 19.4. The molecule has 1 fully saturated rings. The quantitative estimate of drug-likeness (QED) is 0.755. The molecule has 2 aromatic carbocycles. The van der Waals surface area contributed by atoms with E-state index in [-0.39, 0.29) is 11.4 Å². The monoisotopic (exact) mass is 389 g/mol. The predicted molar refractivity (Wildman–Crippen MR) is 108 cm³/mol. The van der Waals surface area contributed by atoms with Gasteiger partial charge in [0.05, 0.1) is 30.2 Å². The van der Waals surface area contributed by atoms with E-state index >= 15 is 0 Å². The van der Waals surface area contributed by atoms with Crippen LogP contribution in [-0.2, 0) is 10.0 Å². The molecule has 1 aliphatic rings. The van der Waals surface area contributed by atoms with Crippen LogP contribution in [0.25, 0.3) is 0 Å². The third-order valence-corrected chi connectivity index (χ3v) is 6.95. The number of aliphatic hydroxyl groups is 1. The average Bonchev–Trinajstić information content (AvgIpc) is 3.14. The van der Waals surface area contributed by atoms with Crippen LogP contribution in [-0.4, -0.2) is 45.8 Å². The Morgan fingerprint density at radius 2 is 1.48 bits per heavy atom. The highest BCUT2D eigenvalue weighted by molar-refractivity contribution is 7.92. The molecule has 3 rings (SSSR count). The molecule has 5 nitrogen and oxygen atoms in total. The van der Waals surface area contributed by atoms with Crippen LogP contribution in [0.3, 0.4) is 0 Å². The Morgan fingerprint density at radius 3 is 2.04 bits per heavy atom. The molecule has 146 valence electrons. The van der Waals surface area contributed by atoms with Crippen LogP contribution in [0.2, 0.25) is 0 Å². The Kier molecular flexibility index (Phi) is 6.19. The topological polar surface area (TPSA) is 62.1 Å². The summed E-state index contributed by atoms with van der Waals surface area (Å²) in [5, 5.41) is 10.6. The maximum atomic E-state index is 13.3. The summed E-state index contributed by atoms with van der Waals surface area (Å²) < 4.78 is 28.0. The van der Waals surface area contributed by atoms with Crippen molar-refractivity contribution in [3.05, 3.63) is 59.7 Å². The molecule has 6 heteroatoms. The van der Waals surface area contributed by atoms with E-state index in [1.54, 1.807) is 36.4 Å². The van der Waals surface area contributed by atoms with Crippen LogP contribution in [0.4, 0.5) is 5.69 Å². The molecule has 0 aromatic heterocycles. The molecule has 0 amide bonds. The number of hydrogen-bond acceptors (Lipinski definition) is 3. The Labute approximate surface area is 162 Å². The molecular formula is C21H29N2O3S+. The third-order valence-electron chi connectivity index (χ3n) is 5.14. The number of likely N-dealkylation sites (tertiary alicyclic amines) is 1. The lowest BCUT2D eigenvalue weighted by Crippen LogP contribution is -3.11. The van der Waals surface area contributed by atoms with Crippen molar-refractivity contribution in [3.8, 4) is 0 Å². The molecule has 1 aliphatic heterocycles. The van der Waals surface area contributed by atoms with Crippen molar-refractivity contribution in [3.63, 3.8) is 0 Å². The van der Waals surface area contributed by atoms with Gasteiger partial charge in [0.1, 0.15) is 12.6 Å². The van der Waals surface area contributed by atoms with Gasteiger partial charge in [-0.25, -0.2) is 8.42 Å². The van der Waals surface area contributed by atoms with Gasteiger partial charge in [0.2, 0.25) is 0 Å². The fourth-order valence-electron chi connectivity index (χ4n) is 3.56. The summed E-state index contributed by atoms with van der Waals surface area (Å²) in [5.41, 5.74) is 2.65. The normalized spacial score (nSPS) is 16.4. The second-order valence-electron chi connectivity index (χ2n) is 7.50. The zero-order valence-corrected chi connectivity index (χ0v) is 16.9. The van der Waals surface area contributed by atoms with Crippen LogP contribution < -0.4 is 9.21 Å². The van der Waals surface area contributed by atoms with Gasteiger partial charge in [0.15, 0.2) is 0 Å². The zero-order valence-electron chi connectivity index (χ0n) is 16.1. The van der Waals surface area contributed by atoms with E-state index in [1.165, 1.54) is 22.0 Å². The number of aliphatic hydroxyl groups excluding tert-OH is 1. The van der Waals surface area contributed by atoms with E-state index in [2.05, 4.69) is 0 Å². The Morgan fingerprint density at radius 1 is 0.963 bits per heavy atom. The van der Waals surface area contributed by atoms with Crippen molar-refractivity contribution in [2.75, 3.05) is 30.5 Å². The summed E-state index contributed by atoms with van der Waals surface area (Å²) in [5.74, 6) is 0. The van der Waals surface area contributed by atoms with Gasteiger partial charge in [0, 0.05) is 12.8 Å². The van der Waals surface area contributed by atoms with Crippen LogP contribution in [0.5, 0.6) is 0 Å². The van der Waals surface area contributed by atoms with Gasteiger partial charge >= 0.3 is 0 Å². The molecular weight excluding hydrogens is 360 g/mol. The van der Waals surface area contributed by atoms with Crippen LogP contribution in [0.1, 0.15) is 24.0 Å². The summed E-state index contributed by atoms with van der Waals surface area (Å²) in [6, 6.07) is 14.2. The molecule has 1 atom stereocenters. The Balaban J connectivity index is 1.88. The largest absolute Gasteiger partial charge is 0.385 e. The summed E-state index contributed by atoms with van der Waals surface area (Å²) >= 11 is 0. The number of rotatable bonds is 7. The molecule has 1 unspecified atom stereocenters. The third kappa shape index (κ3) is 4.89. The van der Waals surface area contributed by atoms with Crippen molar-refractivity contribution in [2.24, 2.45) is 0 Å². The summed E-state index contributed by atoms with van der Waals surface area (Å²) in [7, 11) is -3.75. The van der Waals surface area contributed by atoms with E-state index in [0.29, 0.717) is 12.2 Å². The smallest absolute Gasteiger partial charge is 0.264 e. The fraction of sp³-hybridized carbons (Fsp3) is 0.429. The summed E-state index contributed by atoms with van der Waals surface area (Å²) in [6.45, 7) is 6.62. The predicted octanol–water partition coefficient (Wildman–Crippen LogP) is 1.54. The lowest BCUT2D eigenvalue weighted by atomic mass is 10.2. The highest BCUT2D eigenvalue weighted by Gasteiger charge is 2.29. The summed E-state index contributed by atoms with van der Waals surface area (Å²) in [6.07, 6.45) is 1.64. The lowest BCUT2D eigenvalue weighted by Gasteiger charge is -2.28. The SMILES string of the molecule is Cc1ccc(N(CC(O)C[NH+]2CCCC2)S(=O)(=O)c2ccc(C)cc2)cc1. The van der Waals surface area contributed by atoms with Crippen LogP contribution >= 0.6 is 0 Å². The average molecular weight is 390 g/mol. The highest BCUT2D eigenvalue weighted by Crippen LogP contribution is 2.24. The second kappa shape index (κ2) is 8.42. The first-order valence-electron chi connectivity index (χ1n) is 9.54. The van der Waals surface area contributed by atoms with E-state index in [0.717, 1.165) is 24.2 Å². The molecule has 0 radical (unpaired) electrons. The van der Waals surface area contributed by atoms with Crippen molar-refractivity contribution < 1.29 is 18.4 Å². The van der Waals surface area contributed by atoms with Gasteiger partial charge in [-0.1, -0.05) is 35.4 Å². The molecule has 0 saturated carbocycles. The number of benzene rings is 2. The molecule has 0 spiro atoms. The minimum Gasteiger partial charge on any atom is -0.385 e. The van der Waals surface area contributed by atoms with Gasteiger partial charge in [-0.2, -0.15) is 0 Å². The molecule has 2 aromatic rings. The highest BCUT2D eigenvalue weighted by atomic mass is 32.2. The Bertz CT molecular complexity index is 842. The summed E-state index contributed by atoms with van der Waals surface area (Å²) in [4.78, 5) is 1.59. The molecule has 0 aliphatic carbocycles. The van der Waals surface area contributed by atoms with E-state index < -0.39 is 16.1 Å². The van der Waals surface area contributed by atoms with Gasteiger partial charge in [-0.05, 0) is 38.1 Å². The van der Waals surface area contributed by atoms with Gasteiger partial charge < -0.3 is 10.0 Å². The molecule has 27 heavy (non-hydrogen) atoms. The number of anilines is 1. The van der Waals surface area contributed by atoms with E-state index in [9.17, 15) is 13.5 Å². The first-order chi connectivity index (χ1) is 12.9. The molecule has 1 saturated heterocycles. The van der Waals surface area contributed by atoms with Gasteiger partial charge in [-0.3, -0.25) is 4.31 Å². The van der Waals surface area contributed by atoms with Gasteiger partial charge in [-0.15, -0.1) is 0 Å². The Hall–Kier alpha value is -1.89. The van der Waals surface area contributed by atoms with E-state index in [4.69, 9.17) is 0 Å². The second-order valence-corrected chi connectivity index (χ2v) is 9.36. The van der Waals surface area contributed by atoms with Gasteiger partial charge in [0.25, 0.3) is 10.0 Å². The van der Waals surface area contributed by atoms with Crippen molar-refractivity contribution in [1.29, 1.82) is 0 Å². The molecule has 1 heterocycles. The van der Waals surface area contributed by atoms with Crippen LogP contribution in [0.15, 0.2) is 53.4 Å². The molecule has 0 bridgehead atoms. The number of sulfonamides is 1.